The zero-order valence-electron chi connectivity index (χ0n) is 9.99. The monoisotopic (exact) mass is 237 g/mol. The highest BCUT2D eigenvalue weighted by molar-refractivity contribution is 7.15. The summed E-state index contributed by atoms with van der Waals surface area (Å²) in [6.45, 7) is 6.71. The fraction of sp³-hybridized carbons (Fsp3) is 0.750. The highest BCUT2D eigenvalue weighted by atomic mass is 32.1. The van der Waals surface area contributed by atoms with E-state index >= 15 is 0 Å². The van der Waals surface area contributed by atoms with Gasteiger partial charge in [-0.2, -0.15) is 0 Å². The first-order valence-electron chi connectivity index (χ1n) is 6.17. The Hall–Kier alpha value is -0.610. The molecule has 2 aliphatic rings. The minimum Gasteiger partial charge on any atom is -0.357 e. The van der Waals surface area contributed by atoms with E-state index in [4.69, 9.17) is 0 Å². The van der Waals surface area contributed by atoms with Crippen molar-refractivity contribution in [2.24, 2.45) is 0 Å². The van der Waals surface area contributed by atoms with Gasteiger partial charge in [-0.05, 0) is 33.1 Å². The molecule has 2 heterocycles. The second kappa shape index (κ2) is 4.00. The third-order valence-electron chi connectivity index (χ3n) is 3.64. The first-order chi connectivity index (χ1) is 7.72. The number of rotatable bonds is 3. The largest absolute Gasteiger partial charge is 0.357 e. The molecule has 16 heavy (non-hydrogen) atoms. The topological polar surface area (TPSA) is 28.2 Å². The highest BCUT2D eigenvalue weighted by Crippen LogP contribution is 2.31. The van der Waals surface area contributed by atoms with Crippen molar-refractivity contribution in [2.45, 2.75) is 45.2 Å². The molecule has 0 amide bonds. The first-order valence-corrected chi connectivity index (χ1v) is 6.98. The molecule has 0 spiro atoms. The maximum absolute atomic E-state index is 4.55. The van der Waals surface area contributed by atoms with Gasteiger partial charge in [-0.3, -0.25) is 4.90 Å². The summed E-state index contributed by atoms with van der Waals surface area (Å²) in [5.74, 6) is 0. The minimum absolute atomic E-state index is 0.616. The van der Waals surface area contributed by atoms with Crippen LogP contribution in [0.25, 0.3) is 0 Å². The Balaban J connectivity index is 1.58. The van der Waals surface area contributed by atoms with Gasteiger partial charge in [0.1, 0.15) is 0 Å². The lowest BCUT2D eigenvalue weighted by Gasteiger charge is -2.15. The van der Waals surface area contributed by atoms with Crippen LogP contribution in [0.3, 0.4) is 0 Å². The number of anilines is 1. The van der Waals surface area contributed by atoms with E-state index in [2.05, 4.69) is 29.0 Å². The van der Waals surface area contributed by atoms with E-state index in [0.29, 0.717) is 6.04 Å². The van der Waals surface area contributed by atoms with Crippen molar-refractivity contribution in [1.29, 1.82) is 0 Å². The van der Waals surface area contributed by atoms with Gasteiger partial charge in [-0.25, -0.2) is 4.98 Å². The standard InChI is InChI=1S/C12H19N3S/c1-8-9(2)16-12(13-8)14-10-5-6-15(7-10)11-3-4-11/h10-11H,3-7H2,1-2H3,(H,13,14). The average molecular weight is 237 g/mol. The van der Waals surface area contributed by atoms with Crippen molar-refractivity contribution in [3.8, 4) is 0 Å². The summed E-state index contributed by atoms with van der Waals surface area (Å²) < 4.78 is 0. The quantitative estimate of drug-likeness (QED) is 0.875. The van der Waals surface area contributed by atoms with Crippen molar-refractivity contribution >= 4 is 16.5 Å². The van der Waals surface area contributed by atoms with Crippen LogP contribution < -0.4 is 5.32 Å². The van der Waals surface area contributed by atoms with Gasteiger partial charge in [0.05, 0.1) is 5.69 Å². The van der Waals surface area contributed by atoms with Gasteiger partial charge in [0.15, 0.2) is 5.13 Å². The van der Waals surface area contributed by atoms with Crippen LogP contribution in [-0.4, -0.2) is 35.1 Å². The van der Waals surface area contributed by atoms with Gasteiger partial charge in [0, 0.05) is 30.1 Å². The molecule has 0 aromatic carbocycles. The Kier molecular flexibility index (Phi) is 2.64. The fourth-order valence-electron chi connectivity index (χ4n) is 2.39. The Labute approximate surface area is 101 Å². The van der Waals surface area contributed by atoms with Crippen molar-refractivity contribution in [3.63, 3.8) is 0 Å². The van der Waals surface area contributed by atoms with Crippen molar-refractivity contribution in [3.05, 3.63) is 10.6 Å². The molecule has 1 aliphatic carbocycles. The van der Waals surface area contributed by atoms with E-state index in [-0.39, 0.29) is 0 Å². The average Bonchev–Trinajstić information content (AvgIpc) is 2.92. The summed E-state index contributed by atoms with van der Waals surface area (Å²) >= 11 is 1.79. The third kappa shape index (κ3) is 2.09. The lowest BCUT2D eigenvalue weighted by atomic mass is 10.3. The number of thiazole rings is 1. The second-order valence-electron chi connectivity index (χ2n) is 5.02. The van der Waals surface area contributed by atoms with E-state index in [1.54, 1.807) is 11.3 Å². The van der Waals surface area contributed by atoms with E-state index < -0.39 is 0 Å². The normalized spacial score (nSPS) is 26.2. The number of nitrogens with zero attached hydrogens (tertiary/aromatic N) is 2. The van der Waals surface area contributed by atoms with E-state index in [9.17, 15) is 0 Å². The number of hydrogen-bond donors (Lipinski definition) is 1. The molecule has 1 aromatic heterocycles. The molecule has 88 valence electrons. The number of hydrogen-bond acceptors (Lipinski definition) is 4. The zero-order chi connectivity index (χ0) is 11.1. The number of aryl methyl sites for hydroxylation is 2. The van der Waals surface area contributed by atoms with Crippen LogP contribution in [0, 0.1) is 13.8 Å². The van der Waals surface area contributed by atoms with Gasteiger partial charge in [-0.1, -0.05) is 0 Å². The molecule has 1 N–H and O–H groups in total. The lowest BCUT2D eigenvalue weighted by Crippen LogP contribution is -2.27. The predicted molar refractivity (Wildman–Crippen MR) is 68.2 cm³/mol. The molecule has 1 saturated heterocycles. The molecule has 4 heteroatoms. The van der Waals surface area contributed by atoms with Gasteiger partial charge in [0.25, 0.3) is 0 Å². The number of nitrogens with one attached hydrogen (secondary N) is 1. The highest BCUT2D eigenvalue weighted by Gasteiger charge is 2.34. The molecular weight excluding hydrogens is 218 g/mol. The van der Waals surface area contributed by atoms with Crippen LogP contribution in [0.4, 0.5) is 5.13 Å². The third-order valence-corrected chi connectivity index (χ3v) is 4.64. The van der Waals surface area contributed by atoms with Crippen LogP contribution in [0.15, 0.2) is 0 Å². The molecule has 1 saturated carbocycles. The lowest BCUT2D eigenvalue weighted by molar-refractivity contribution is 0.326. The molecule has 0 radical (unpaired) electrons. The Morgan fingerprint density at radius 2 is 2.12 bits per heavy atom. The molecule has 1 atom stereocenters. The van der Waals surface area contributed by atoms with Crippen LogP contribution in [-0.2, 0) is 0 Å². The summed E-state index contributed by atoms with van der Waals surface area (Å²) in [5.41, 5.74) is 1.17. The summed E-state index contributed by atoms with van der Waals surface area (Å²) in [6.07, 6.45) is 4.11. The van der Waals surface area contributed by atoms with Gasteiger partial charge < -0.3 is 5.32 Å². The van der Waals surface area contributed by atoms with Gasteiger partial charge in [0.2, 0.25) is 0 Å². The molecule has 3 nitrogen and oxygen atoms in total. The number of aromatic nitrogens is 1. The Bertz CT molecular complexity index is 364. The van der Waals surface area contributed by atoms with Crippen molar-refractivity contribution in [2.75, 3.05) is 18.4 Å². The van der Waals surface area contributed by atoms with Crippen LogP contribution >= 0.6 is 11.3 Å². The molecule has 2 fully saturated rings. The molecule has 1 aromatic rings. The molecule has 3 rings (SSSR count). The minimum atomic E-state index is 0.616. The second-order valence-corrected chi connectivity index (χ2v) is 6.22. The number of likely N-dealkylation sites (tertiary alicyclic amines) is 1. The summed E-state index contributed by atoms with van der Waals surface area (Å²) in [7, 11) is 0. The van der Waals surface area contributed by atoms with Crippen LogP contribution in [0.1, 0.15) is 29.8 Å². The van der Waals surface area contributed by atoms with Gasteiger partial charge >= 0.3 is 0 Å². The van der Waals surface area contributed by atoms with Crippen LogP contribution in [0.5, 0.6) is 0 Å². The molecule has 1 unspecified atom stereocenters. The molecule has 1 aliphatic heterocycles. The predicted octanol–water partition coefficient (Wildman–Crippen LogP) is 2.41. The smallest absolute Gasteiger partial charge is 0.183 e. The van der Waals surface area contributed by atoms with Crippen molar-refractivity contribution in [1.82, 2.24) is 9.88 Å². The first kappa shape index (κ1) is 10.5. The summed E-state index contributed by atoms with van der Waals surface area (Å²) in [4.78, 5) is 8.51. The SMILES string of the molecule is Cc1nc(NC2CCN(C3CC3)C2)sc1C. The Morgan fingerprint density at radius 3 is 2.75 bits per heavy atom. The summed E-state index contributed by atoms with van der Waals surface area (Å²) in [6, 6.07) is 1.53. The van der Waals surface area contributed by atoms with Crippen molar-refractivity contribution < 1.29 is 0 Å². The van der Waals surface area contributed by atoms with E-state index in [0.717, 1.165) is 11.2 Å². The maximum Gasteiger partial charge on any atom is 0.183 e. The summed E-state index contributed by atoms with van der Waals surface area (Å²) in [5, 5.41) is 4.69. The zero-order valence-corrected chi connectivity index (χ0v) is 10.8. The Morgan fingerprint density at radius 1 is 1.31 bits per heavy atom. The van der Waals surface area contributed by atoms with E-state index in [1.807, 2.05) is 0 Å². The maximum atomic E-state index is 4.55. The fourth-order valence-corrected chi connectivity index (χ4v) is 3.28. The van der Waals surface area contributed by atoms with Crippen LogP contribution in [0.2, 0.25) is 0 Å². The van der Waals surface area contributed by atoms with Gasteiger partial charge in [-0.15, -0.1) is 11.3 Å². The molecular formula is C12H19N3S. The molecule has 0 bridgehead atoms. The van der Waals surface area contributed by atoms with E-state index in [1.165, 1.54) is 42.9 Å².